The molecule has 0 aliphatic heterocycles. The Labute approximate surface area is 147 Å². The molecule has 0 saturated heterocycles. The molecule has 1 rings (SSSR count). The van der Waals surface area contributed by atoms with Crippen LogP contribution < -0.4 is 0 Å². The molecule has 0 radical (unpaired) electrons. The molecular formula is C17H17N3O4S. The highest BCUT2D eigenvalue weighted by molar-refractivity contribution is 7.96. The van der Waals surface area contributed by atoms with E-state index in [-0.39, 0.29) is 24.8 Å². The number of carbonyl (C=O) groups is 1. The van der Waals surface area contributed by atoms with Crippen molar-refractivity contribution in [3.63, 3.8) is 0 Å². The summed E-state index contributed by atoms with van der Waals surface area (Å²) in [7, 11) is -4.05. The van der Waals surface area contributed by atoms with Gasteiger partial charge in [0.15, 0.2) is 4.91 Å². The van der Waals surface area contributed by atoms with E-state index in [0.717, 1.165) is 6.08 Å². The Morgan fingerprint density at radius 2 is 1.80 bits per heavy atom. The Hall–Kier alpha value is -3.10. The van der Waals surface area contributed by atoms with Crippen LogP contribution in [0.1, 0.15) is 6.92 Å². The fraction of sp³-hybridized carbons (Fsp3) is 0.235. The van der Waals surface area contributed by atoms with Crippen LogP contribution in [0.5, 0.6) is 0 Å². The molecule has 0 spiro atoms. The van der Waals surface area contributed by atoms with Crippen LogP contribution in [0, 0.1) is 13.1 Å². The maximum Gasteiger partial charge on any atom is 0.350 e. The predicted octanol–water partition coefficient (Wildman–Crippen LogP) is 2.48. The first-order chi connectivity index (χ1) is 12.0. The molecule has 0 unspecified atom stereocenters. The molecule has 1 aromatic rings. The first kappa shape index (κ1) is 19.9. The fourth-order valence-electron chi connectivity index (χ4n) is 1.77. The van der Waals surface area contributed by atoms with Crippen molar-refractivity contribution in [2.45, 2.75) is 11.8 Å². The van der Waals surface area contributed by atoms with E-state index >= 15 is 0 Å². The van der Waals surface area contributed by atoms with E-state index in [1.54, 1.807) is 25.1 Å². The lowest BCUT2D eigenvalue weighted by Crippen LogP contribution is -2.17. The zero-order valence-electron chi connectivity index (χ0n) is 13.6. The molecule has 0 saturated carbocycles. The van der Waals surface area contributed by atoms with Gasteiger partial charge < -0.3 is 4.74 Å². The standard InChI is InChI=1S/C17H17N3O4S/c1-4-24-17(21)16(11-8-12-20(13-18-2)14-19-3)25(22,23)15-9-6-5-7-10-15/h5-12H,4,13-14H2,1H3/b12-8+,16-11+. The van der Waals surface area contributed by atoms with Crippen LogP contribution in [-0.4, -0.2) is 39.2 Å². The minimum Gasteiger partial charge on any atom is -0.462 e. The molecule has 25 heavy (non-hydrogen) atoms. The second-order valence-electron chi connectivity index (χ2n) is 4.60. The summed E-state index contributed by atoms with van der Waals surface area (Å²) in [6.45, 7) is 15.2. The second-order valence-corrected chi connectivity index (χ2v) is 6.52. The number of ether oxygens (including phenoxy) is 1. The Morgan fingerprint density at radius 1 is 1.20 bits per heavy atom. The Morgan fingerprint density at radius 3 is 2.32 bits per heavy atom. The zero-order chi connectivity index (χ0) is 18.7. The summed E-state index contributed by atoms with van der Waals surface area (Å²) in [4.78, 5) is 19.2. The van der Waals surface area contributed by atoms with E-state index in [1.165, 1.54) is 29.3 Å². The number of allylic oxidation sites excluding steroid dienone is 2. The van der Waals surface area contributed by atoms with Gasteiger partial charge in [-0.3, -0.25) is 9.69 Å². The molecule has 7 nitrogen and oxygen atoms in total. The first-order valence-corrected chi connectivity index (χ1v) is 8.72. The summed E-state index contributed by atoms with van der Waals surface area (Å²) in [5.41, 5.74) is 0. The monoisotopic (exact) mass is 359 g/mol. The van der Waals surface area contributed by atoms with Crippen molar-refractivity contribution in [2.24, 2.45) is 0 Å². The molecule has 0 aliphatic carbocycles. The number of hydrogen-bond donors (Lipinski definition) is 0. The first-order valence-electron chi connectivity index (χ1n) is 7.23. The van der Waals surface area contributed by atoms with Gasteiger partial charge in [-0.25, -0.2) is 31.3 Å². The number of esters is 1. The average molecular weight is 359 g/mol. The van der Waals surface area contributed by atoms with E-state index in [9.17, 15) is 13.2 Å². The van der Waals surface area contributed by atoms with Crippen LogP contribution in [0.3, 0.4) is 0 Å². The van der Waals surface area contributed by atoms with Crippen molar-refractivity contribution in [3.05, 3.63) is 76.4 Å². The maximum absolute atomic E-state index is 12.7. The number of benzene rings is 1. The van der Waals surface area contributed by atoms with Crippen LogP contribution in [0.25, 0.3) is 9.69 Å². The molecular weight excluding hydrogens is 342 g/mol. The lowest BCUT2D eigenvalue weighted by molar-refractivity contribution is -0.137. The second kappa shape index (κ2) is 9.91. The van der Waals surface area contributed by atoms with E-state index in [2.05, 4.69) is 9.69 Å². The Bertz CT molecular complexity index is 815. The third-order valence-electron chi connectivity index (χ3n) is 2.87. The van der Waals surface area contributed by atoms with Crippen LogP contribution in [0.2, 0.25) is 0 Å². The molecule has 0 bridgehead atoms. The molecule has 8 heteroatoms. The maximum atomic E-state index is 12.7. The molecule has 0 fully saturated rings. The predicted molar refractivity (Wildman–Crippen MR) is 92.3 cm³/mol. The van der Waals surface area contributed by atoms with Crippen molar-refractivity contribution in [3.8, 4) is 0 Å². The summed E-state index contributed by atoms with van der Waals surface area (Å²) in [5.74, 6) is -0.960. The van der Waals surface area contributed by atoms with Gasteiger partial charge in [-0.2, -0.15) is 0 Å². The minimum atomic E-state index is -4.05. The largest absolute Gasteiger partial charge is 0.462 e. The Kier molecular flexibility index (Phi) is 7.91. The summed E-state index contributed by atoms with van der Waals surface area (Å²) in [5, 5.41) is 0. The van der Waals surface area contributed by atoms with Gasteiger partial charge in [0.1, 0.15) is 0 Å². The van der Waals surface area contributed by atoms with Gasteiger partial charge >= 0.3 is 5.97 Å². The normalized spacial score (nSPS) is 11.6. The number of sulfone groups is 1. The highest BCUT2D eigenvalue weighted by atomic mass is 32.2. The summed E-state index contributed by atoms with van der Waals surface area (Å²) >= 11 is 0. The van der Waals surface area contributed by atoms with E-state index in [4.69, 9.17) is 17.9 Å². The van der Waals surface area contributed by atoms with Gasteiger partial charge in [0.2, 0.25) is 9.84 Å². The van der Waals surface area contributed by atoms with Gasteiger partial charge in [-0.1, -0.05) is 18.2 Å². The lowest BCUT2D eigenvalue weighted by Gasteiger charge is -2.08. The average Bonchev–Trinajstić information content (AvgIpc) is 2.59. The van der Waals surface area contributed by atoms with Crippen molar-refractivity contribution < 1.29 is 17.9 Å². The van der Waals surface area contributed by atoms with Crippen LogP contribution in [-0.2, 0) is 19.4 Å². The van der Waals surface area contributed by atoms with Crippen LogP contribution in [0.4, 0.5) is 0 Å². The fourth-order valence-corrected chi connectivity index (χ4v) is 3.07. The molecule has 0 atom stereocenters. The number of rotatable bonds is 8. The van der Waals surface area contributed by atoms with Crippen molar-refractivity contribution in [1.82, 2.24) is 4.90 Å². The SMILES string of the molecule is [C-]#[N+]CN(/C=C/C=C(\C(=O)OCC)S(=O)(=O)c1ccccc1)C[N+]#[C-]. The molecule has 0 N–H and O–H groups in total. The van der Waals surface area contributed by atoms with Gasteiger partial charge in [0.05, 0.1) is 11.5 Å². The highest BCUT2D eigenvalue weighted by Crippen LogP contribution is 2.20. The highest BCUT2D eigenvalue weighted by Gasteiger charge is 2.27. The third kappa shape index (κ3) is 5.79. The van der Waals surface area contributed by atoms with Gasteiger partial charge in [-0.05, 0) is 31.2 Å². The number of carbonyl (C=O) groups excluding carboxylic acids is 1. The quantitative estimate of drug-likeness (QED) is 0.309. The molecule has 1 aromatic carbocycles. The zero-order valence-corrected chi connectivity index (χ0v) is 14.4. The summed E-state index contributed by atoms with van der Waals surface area (Å²) in [6, 6.07) is 7.55. The molecule has 0 aromatic heterocycles. The van der Waals surface area contributed by atoms with E-state index in [1.807, 2.05) is 0 Å². The van der Waals surface area contributed by atoms with Crippen LogP contribution >= 0.6 is 0 Å². The number of hydrogen-bond acceptors (Lipinski definition) is 5. The topological polar surface area (TPSA) is 72.4 Å². The van der Waals surface area contributed by atoms with Crippen LogP contribution in [0.15, 0.2) is 58.5 Å². The van der Waals surface area contributed by atoms with E-state index < -0.39 is 20.7 Å². The van der Waals surface area contributed by atoms with Crippen molar-refractivity contribution >= 4 is 15.8 Å². The summed E-state index contributed by atoms with van der Waals surface area (Å²) < 4.78 is 30.2. The summed E-state index contributed by atoms with van der Waals surface area (Å²) in [6.07, 6.45) is 3.81. The molecule has 130 valence electrons. The number of nitrogens with zero attached hydrogens (tertiary/aromatic N) is 3. The lowest BCUT2D eigenvalue weighted by atomic mass is 10.4. The van der Waals surface area contributed by atoms with Gasteiger partial charge in [0.25, 0.3) is 13.3 Å². The minimum absolute atomic E-state index is 0.0260. The Balaban J connectivity index is 3.24. The van der Waals surface area contributed by atoms with Crippen molar-refractivity contribution in [2.75, 3.05) is 19.9 Å². The molecule has 0 aliphatic rings. The third-order valence-corrected chi connectivity index (χ3v) is 4.64. The van der Waals surface area contributed by atoms with Crippen molar-refractivity contribution in [1.29, 1.82) is 0 Å². The van der Waals surface area contributed by atoms with Gasteiger partial charge in [-0.15, -0.1) is 0 Å². The van der Waals surface area contributed by atoms with E-state index in [0.29, 0.717) is 0 Å². The van der Waals surface area contributed by atoms with Gasteiger partial charge in [0, 0.05) is 6.20 Å². The molecule has 0 amide bonds. The molecule has 0 heterocycles. The smallest absolute Gasteiger partial charge is 0.350 e.